The Kier molecular flexibility index (Phi) is 5.35. The maximum atomic E-state index is 12.2. The minimum Gasteiger partial charge on any atom is -0.398 e. The van der Waals surface area contributed by atoms with Crippen LogP contribution in [0, 0.1) is 6.92 Å². The first-order chi connectivity index (χ1) is 9.58. The van der Waals surface area contributed by atoms with E-state index in [-0.39, 0.29) is 11.2 Å². The van der Waals surface area contributed by atoms with Gasteiger partial charge in [-0.05, 0) is 44.4 Å². The Morgan fingerprint density at radius 2 is 2.05 bits per heavy atom. The van der Waals surface area contributed by atoms with Crippen LogP contribution in [-0.4, -0.2) is 17.2 Å². The highest BCUT2D eigenvalue weighted by Crippen LogP contribution is 2.29. The molecule has 2 rings (SSSR count). The fourth-order valence-corrected chi connectivity index (χ4v) is 3.58. The van der Waals surface area contributed by atoms with E-state index in [1.807, 2.05) is 32.0 Å². The van der Waals surface area contributed by atoms with Gasteiger partial charge in [-0.3, -0.25) is 4.79 Å². The molecule has 1 aromatic rings. The number of hydrogen-bond donors (Lipinski definition) is 2. The summed E-state index contributed by atoms with van der Waals surface area (Å²) in [5.74, 6) is 0.142. The van der Waals surface area contributed by atoms with Crippen molar-refractivity contribution in [3.05, 3.63) is 23.8 Å². The molecule has 0 spiro atoms. The first-order valence-electron chi connectivity index (χ1n) is 7.40. The van der Waals surface area contributed by atoms with E-state index in [1.165, 1.54) is 19.3 Å². The number of benzene rings is 1. The number of nitrogen functional groups attached to an aromatic ring is 1. The maximum Gasteiger partial charge on any atom is 0.233 e. The summed E-state index contributed by atoms with van der Waals surface area (Å²) in [6, 6.07) is 6.24. The SMILES string of the molecule is Cc1c(N)cccc1SC(C)C(=O)NC1CCCCC1. The van der Waals surface area contributed by atoms with Gasteiger partial charge in [0.25, 0.3) is 0 Å². The highest BCUT2D eigenvalue weighted by molar-refractivity contribution is 8.00. The number of thioether (sulfide) groups is 1. The number of nitrogens with one attached hydrogen (secondary N) is 1. The minimum absolute atomic E-state index is 0.0857. The summed E-state index contributed by atoms with van der Waals surface area (Å²) in [6.45, 7) is 3.97. The monoisotopic (exact) mass is 292 g/mol. The Labute approximate surface area is 125 Å². The molecule has 1 amide bonds. The lowest BCUT2D eigenvalue weighted by molar-refractivity contribution is -0.121. The van der Waals surface area contributed by atoms with Crippen LogP contribution in [0.1, 0.15) is 44.6 Å². The van der Waals surface area contributed by atoms with Gasteiger partial charge in [-0.15, -0.1) is 11.8 Å². The number of amides is 1. The summed E-state index contributed by atoms with van der Waals surface area (Å²) >= 11 is 1.59. The number of hydrogen-bond acceptors (Lipinski definition) is 3. The molecular formula is C16H24N2OS. The lowest BCUT2D eigenvalue weighted by Crippen LogP contribution is -2.40. The van der Waals surface area contributed by atoms with Crippen molar-refractivity contribution in [1.29, 1.82) is 0 Å². The Bertz CT molecular complexity index is 470. The van der Waals surface area contributed by atoms with Crippen LogP contribution in [-0.2, 0) is 4.79 Å². The lowest BCUT2D eigenvalue weighted by atomic mass is 9.95. The topological polar surface area (TPSA) is 55.1 Å². The Morgan fingerprint density at radius 1 is 1.35 bits per heavy atom. The molecule has 20 heavy (non-hydrogen) atoms. The van der Waals surface area contributed by atoms with Gasteiger partial charge in [-0.2, -0.15) is 0 Å². The molecule has 1 aliphatic carbocycles. The van der Waals surface area contributed by atoms with E-state index < -0.39 is 0 Å². The van der Waals surface area contributed by atoms with E-state index in [2.05, 4.69) is 5.32 Å². The third-order valence-corrected chi connectivity index (χ3v) is 5.21. The number of rotatable bonds is 4. The molecule has 3 N–H and O–H groups in total. The third kappa shape index (κ3) is 3.92. The van der Waals surface area contributed by atoms with Crippen molar-refractivity contribution in [2.75, 3.05) is 5.73 Å². The number of carbonyl (C=O) groups is 1. The standard InChI is InChI=1S/C16H24N2OS/c1-11-14(17)9-6-10-15(11)20-12(2)16(19)18-13-7-4-3-5-8-13/h6,9-10,12-13H,3-5,7-8,17H2,1-2H3,(H,18,19). The molecule has 0 heterocycles. The fraction of sp³-hybridized carbons (Fsp3) is 0.562. The van der Waals surface area contributed by atoms with Crippen molar-refractivity contribution in [3.63, 3.8) is 0 Å². The van der Waals surface area contributed by atoms with E-state index in [0.717, 1.165) is 29.0 Å². The first-order valence-corrected chi connectivity index (χ1v) is 8.28. The molecule has 0 bridgehead atoms. The molecule has 1 aromatic carbocycles. The summed E-state index contributed by atoms with van der Waals surface area (Å²) in [7, 11) is 0. The molecule has 1 unspecified atom stereocenters. The largest absolute Gasteiger partial charge is 0.398 e. The molecule has 0 saturated heterocycles. The predicted molar refractivity (Wildman–Crippen MR) is 85.9 cm³/mol. The second-order valence-corrected chi connectivity index (χ2v) is 6.96. The fourth-order valence-electron chi connectivity index (χ4n) is 2.57. The van der Waals surface area contributed by atoms with Gasteiger partial charge in [-0.1, -0.05) is 25.3 Å². The molecule has 1 fully saturated rings. The summed E-state index contributed by atoms with van der Waals surface area (Å²) < 4.78 is 0. The molecule has 0 radical (unpaired) electrons. The zero-order valence-electron chi connectivity index (χ0n) is 12.3. The quantitative estimate of drug-likeness (QED) is 0.659. The molecule has 0 aromatic heterocycles. The second-order valence-electron chi connectivity index (χ2n) is 5.57. The van der Waals surface area contributed by atoms with E-state index in [0.29, 0.717) is 6.04 Å². The summed E-state index contributed by atoms with van der Waals surface area (Å²) in [5.41, 5.74) is 7.76. The van der Waals surface area contributed by atoms with Gasteiger partial charge >= 0.3 is 0 Å². The molecule has 4 heteroatoms. The Morgan fingerprint density at radius 3 is 2.75 bits per heavy atom. The van der Waals surface area contributed by atoms with Crippen LogP contribution in [0.5, 0.6) is 0 Å². The van der Waals surface area contributed by atoms with Crippen LogP contribution in [0.15, 0.2) is 23.1 Å². The predicted octanol–water partition coefficient (Wildman–Crippen LogP) is 3.51. The van der Waals surface area contributed by atoms with Gasteiger partial charge in [0.1, 0.15) is 0 Å². The highest BCUT2D eigenvalue weighted by Gasteiger charge is 2.20. The van der Waals surface area contributed by atoms with Crippen molar-refractivity contribution in [2.45, 2.75) is 62.1 Å². The van der Waals surface area contributed by atoms with Crippen LogP contribution >= 0.6 is 11.8 Å². The summed E-state index contributed by atoms with van der Waals surface area (Å²) in [4.78, 5) is 13.3. The van der Waals surface area contributed by atoms with Crippen LogP contribution < -0.4 is 11.1 Å². The lowest BCUT2D eigenvalue weighted by Gasteiger charge is -2.24. The maximum absolute atomic E-state index is 12.2. The van der Waals surface area contributed by atoms with Crippen molar-refractivity contribution in [1.82, 2.24) is 5.32 Å². The molecule has 1 atom stereocenters. The summed E-state index contributed by atoms with van der Waals surface area (Å²) in [6.07, 6.45) is 6.03. The van der Waals surface area contributed by atoms with Crippen molar-refractivity contribution in [2.24, 2.45) is 0 Å². The molecular weight excluding hydrogens is 268 g/mol. The number of anilines is 1. The van der Waals surface area contributed by atoms with E-state index in [1.54, 1.807) is 11.8 Å². The third-order valence-electron chi connectivity index (χ3n) is 3.95. The van der Waals surface area contributed by atoms with Gasteiger partial charge < -0.3 is 11.1 Å². The van der Waals surface area contributed by atoms with Gasteiger partial charge in [0.15, 0.2) is 0 Å². The second kappa shape index (κ2) is 7.02. The average molecular weight is 292 g/mol. The van der Waals surface area contributed by atoms with Gasteiger partial charge in [0, 0.05) is 16.6 Å². The molecule has 1 saturated carbocycles. The van der Waals surface area contributed by atoms with Crippen LogP contribution in [0.3, 0.4) is 0 Å². The van der Waals surface area contributed by atoms with Crippen molar-refractivity contribution < 1.29 is 4.79 Å². The Balaban J connectivity index is 1.91. The van der Waals surface area contributed by atoms with Crippen molar-refractivity contribution >= 4 is 23.4 Å². The Hall–Kier alpha value is -1.16. The van der Waals surface area contributed by atoms with Gasteiger partial charge in [0.05, 0.1) is 5.25 Å². The zero-order chi connectivity index (χ0) is 14.5. The molecule has 110 valence electrons. The van der Waals surface area contributed by atoms with Crippen LogP contribution in [0.4, 0.5) is 5.69 Å². The van der Waals surface area contributed by atoms with Gasteiger partial charge in [0.2, 0.25) is 5.91 Å². The number of carbonyl (C=O) groups excluding carboxylic acids is 1. The molecule has 0 aliphatic heterocycles. The first kappa shape index (κ1) is 15.2. The molecule has 3 nitrogen and oxygen atoms in total. The van der Waals surface area contributed by atoms with Crippen LogP contribution in [0.2, 0.25) is 0 Å². The zero-order valence-corrected chi connectivity index (χ0v) is 13.1. The smallest absolute Gasteiger partial charge is 0.233 e. The molecule has 1 aliphatic rings. The van der Waals surface area contributed by atoms with Gasteiger partial charge in [-0.25, -0.2) is 0 Å². The number of nitrogens with two attached hydrogens (primary N) is 1. The van der Waals surface area contributed by atoms with Crippen molar-refractivity contribution in [3.8, 4) is 0 Å². The van der Waals surface area contributed by atoms with Crippen LogP contribution in [0.25, 0.3) is 0 Å². The highest BCUT2D eigenvalue weighted by atomic mass is 32.2. The van der Waals surface area contributed by atoms with E-state index in [4.69, 9.17) is 5.73 Å². The summed E-state index contributed by atoms with van der Waals surface area (Å²) in [5, 5.41) is 3.10. The van der Waals surface area contributed by atoms with E-state index >= 15 is 0 Å². The normalized spacial score (nSPS) is 17.7. The van der Waals surface area contributed by atoms with E-state index in [9.17, 15) is 4.79 Å². The minimum atomic E-state index is -0.0857. The average Bonchev–Trinajstić information content (AvgIpc) is 2.45.